The van der Waals surface area contributed by atoms with E-state index in [9.17, 15) is 18.0 Å². The molecule has 1 fully saturated rings. The molecule has 1 aromatic carbocycles. The molecule has 1 saturated heterocycles. The van der Waals surface area contributed by atoms with Crippen LogP contribution in [0.25, 0.3) is 0 Å². The standard InChI is InChI=1S/C16H21BrN2O6S/c1-2-9-25-15-4-3-12(10-13(15)14(20)11-17)26(23,24)19-7-5-18(6-8-19)16(21)22/h3-4,10H,2,5-9,11H2,1H3,(H,21,22). The van der Waals surface area contributed by atoms with Crippen molar-refractivity contribution in [3.05, 3.63) is 23.8 Å². The first kappa shape index (κ1) is 20.7. The number of rotatable bonds is 7. The van der Waals surface area contributed by atoms with Gasteiger partial charge in [0.05, 0.1) is 22.4 Å². The summed E-state index contributed by atoms with van der Waals surface area (Å²) in [7, 11) is -3.82. The van der Waals surface area contributed by atoms with Gasteiger partial charge in [-0.2, -0.15) is 4.31 Å². The van der Waals surface area contributed by atoms with Crippen molar-refractivity contribution in [1.29, 1.82) is 0 Å². The summed E-state index contributed by atoms with van der Waals surface area (Å²) in [4.78, 5) is 24.3. The lowest BCUT2D eigenvalue weighted by molar-refractivity contribution is 0.101. The minimum Gasteiger partial charge on any atom is -0.493 e. The number of amides is 1. The summed E-state index contributed by atoms with van der Waals surface area (Å²) in [6, 6.07) is 4.23. The maximum atomic E-state index is 12.8. The summed E-state index contributed by atoms with van der Waals surface area (Å²) >= 11 is 3.10. The van der Waals surface area contributed by atoms with Gasteiger partial charge in [-0.1, -0.05) is 22.9 Å². The third-order valence-electron chi connectivity index (χ3n) is 3.98. The number of Topliss-reactive ketones (excluding diaryl/α,β-unsaturated/α-hetero) is 1. The first-order valence-electron chi connectivity index (χ1n) is 8.15. The van der Waals surface area contributed by atoms with Gasteiger partial charge in [-0.25, -0.2) is 13.2 Å². The summed E-state index contributed by atoms with van der Waals surface area (Å²) < 4.78 is 32.5. The highest BCUT2D eigenvalue weighted by atomic mass is 79.9. The van der Waals surface area contributed by atoms with E-state index in [4.69, 9.17) is 9.84 Å². The molecule has 1 aliphatic heterocycles. The van der Waals surface area contributed by atoms with Gasteiger partial charge in [-0.3, -0.25) is 4.79 Å². The molecule has 0 atom stereocenters. The third-order valence-corrected chi connectivity index (χ3v) is 6.39. The number of ketones is 1. The van der Waals surface area contributed by atoms with Gasteiger partial charge in [0, 0.05) is 26.2 Å². The predicted octanol–water partition coefficient (Wildman–Crippen LogP) is 2.04. The molecule has 0 aliphatic carbocycles. The number of sulfonamides is 1. The fraction of sp³-hybridized carbons (Fsp3) is 0.500. The van der Waals surface area contributed by atoms with Crippen molar-refractivity contribution < 1.29 is 27.9 Å². The normalized spacial score (nSPS) is 15.7. The summed E-state index contributed by atoms with van der Waals surface area (Å²) in [6.45, 7) is 2.72. The van der Waals surface area contributed by atoms with Crippen molar-refractivity contribution >= 4 is 37.8 Å². The lowest BCUT2D eigenvalue weighted by Gasteiger charge is -2.32. The van der Waals surface area contributed by atoms with E-state index in [2.05, 4.69) is 15.9 Å². The van der Waals surface area contributed by atoms with E-state index in [0.29, 0.717) is 12.4 Å². The molecule has 1 aliphatic rings. The summed E-state index contributed by atoms with van der Waals surface area (Å²) in [5.41, 5.74) is 0.209. The van der Waals surface area contributed by atoms with Crippen LogP contribution >= 0.6 is 15.9 Å². The number of ether oxygens (including phenoxy) is 1. The van der Waals surface area contributed by atoms with Crippen molar-refractivity contribution in [1.82, 2.24) is 9.21 Å². The maximum Gasteiger partial charge on any atom is 0.407 e. The lowest BCUT2D eigenvalue weighted by atomic mass is 10.1. The smallest absolute Gasteiger partial charge is 0.407 e. The van der Waals surface area contributed by atoms with Crippen LogP contribution in [-0.2, 0) is 10.0 Å². The molecule has 0 saturated carbocycles. The molecule has 0 bridgehead atoms. The number of benzene rings is 1. The zero-order valence-electron chi connectivity index (χ0n) is 14.4. The van der Waals surface area contributed by atoms with E-state index in [-0.39, 0.29) is 47.8 Å². The molecular formula is C16H21BrN2O6S. The van der Waals surface area contributed by atoms with Gasteiger partial charge >= 0.3 is 6.09 Å². The predicted molar refractivity (Wildman–Crippen MR) is 98.7 cm³/mol. The Bertz CT molecular complexity index is 775. The number of hydrogen-bond donors (Lipinski definition) is 1. The molecule has 2 rings (SSSR count). The highest BCUT2D eigenvalue weighted by Crippen LogP contribution is 2.26. The third kappa shape index (κ3) is 4.54. The lowest BCUT2D eigenvalue weighted by Crippen LogP contribution is -2.50. The van der Waals surface area contributed by atoms with Gasteiger partial charge in [0.15, 0.2) is 5.78 Å². The van der Waals surface area contributed by atoms with Gasteiger partial charge in [-0.15, -0.1) is 0 Å². The summed E-state index contributed by atoms with van der Waals surface area (Å²) in [5.74, 6) is 0.0785. The number of halogens is 1. The Morgan fingerprint density at radius 1 is 1.23 bits per heavy atom. The van der Waals surface area contributed by atoms with Crippen LogP contribution in [0, 0.1) is 0 Å². The molecule has 10 heteroatoms. The Balaban J connectivity index is 2.29. The van der Waals surface area contributed by atoms with Crippen LogP contribution in [0.3, 0.4) is 0 Å². The topological polar surface area (TPSA) is 104 Å². The minimum absolute atomic E-state index is 0.00516. The van der Waals surface area contributed by atoms with E-state index < -0.39 is 16.1 Å². The Hall–Kier alpha value is -1.65. The quantitative estimate of drug-likeness (QED) is 0.505. The Labute approximate surface area is 160 Å². The van der Waals surface area contributed by atoms with E-state index in [1.165, 1.54) is 27.4 Å². The van der Waals surface area contributed by atoms with Gasteiger partial charge in [0.1, 0.15) is 5.75 Å². The van der Waals surface area contributed by atoms with Gasteiger partial charge in [-0.05, 0) is 24.6 Å². The first-order chi connectivity index (χ1) is 12.3. The molecule has 26 heavy (non-hydrogen) atoms. The maximum absolute atomic E-state index is 12.8. The molecule has 0 unspecified atom stereocenters. The van der Waals surface area contributed by atoms with Crippen LogP contribution in [0.15, 0.2) is 23.1 Å². The van der Waals surface area contributed by atoms with Crippen molar-refractivity contribution in [2.24, 2.45) is 0 Å². The fourth-order valence-corrected chi connectivity index (χ4v) is 4.32. The van der Waals surface area contributed by atoms with E-state index in [0.717, 1.165) is 6.42 Å². The van der Waals surface area contributed by atoms with Gasteiger partial charge in [0.2, 0.25) is 10.0 Å². The molecule has 0 radical (unpaired) electrons. The average Bonchev–Trinajstić information content (AvgIpc) is 2.65. The second-order valence-corrected chi connectivity index (χ2v) is 8.24. The molecule has 0 spiro atoms. The second-order valence-electron chi connectivity index (χ2n) is 5.74. The molecule has 1 N–H and O–H groups in total. The van der Waals surface area contributed by atoms with Crippen LogP contribution in [0.2, 0.25) is 0 Å². The number of piperazine rings is 1. The van der Waals surface area contributed by atoms with Gasteiger partial charge in [0.25, 0.3) is 0 Å². The number of alkyl halides is 1. The zero-order valence-corrected chi connectivity index (χ0v) is 16.8. The SMILES string of the molecule is CCCOc1ccc(S(=O)(=O)N2CCN(C(=O)O)CC2)cc1C(=O)CBr. The van der Waals surface area contributed by atoms with E-state index >= 15 is 0 Å². The van der Waals surface area contributed by atoms with Crippen LogP contribution in [0.1, 0.15) is 23.7 Å². The highest BCUT2D eigenvalue weighted by Gasteiger charge is 2.31. The van der Waals surface area contributed by atoms with Crippen molar-refractivity contribution in [3.8, 4) is 5.75 Å². The highest BCUT2D eigenvalue weighted by molar-refractivity contribution is 9.09. The minimum atomic E-state index is -3.82. The average molecular weight is 449 g/mol. The van der Waals surface area contributed by atoms with Crippen LogP contribution in [0.5, 0.6) is 5.75 Å². The van der Waals surface area contributed by atoms with Crippen LogP contribution in [0.4, 0.5) is 4.79 Å². The number of carbonyl (C=O) groups excluding carboxylic acids is 1. The van der Waals surface area contributed by atoms with E-state index in [1.807, 2.05) is 6.92 Å². The Kier molecular flexibility index (Phi) is 7.01. The molecule has 144 valence electrons. The molecule has 0 aromatic heterocycles. The Morgan fingerprint density at radius 3 is 2.42 bits per heavy atom. The molecule has 8 nitrogen and oxygen atoms in total. The van der Waals surface area contributed by atoms with E-state index in [1.54, 1.807) is 0 Å². The molecule has 1 amide bonds. The van der Waals surface area contributed by atoms with Crippen molar-refractivity contribution in [2.45, 2.75) is 18.2 Å². The number of carbonyl (C=O) groups is 2. The number of nitrogens with zero attached hydrogens (tertiary/aromatic N) is 2. The van der Waals surface area contributed by atoms with Crippen molar-refractivity contribution in [2.75, 3.05) is 38.1 Å². The van der Waals surface area contributed by atoms with Crippen LogP contribution < -0.4 is 4.74 Å². The largest absolute Gasteiger partial charge is 0.493 e. The second kappa shape index (κ2) is 8.83. The molecule has 1 heterocycles. The van der Waals surface area contributed by atoms with Gasteiger partial charge < -0.3 is 14.7 Å². The monoisotopic (exact) mass is 448 g/mol. The number of carboxylic acid groups (broad SMARTS) is 1. The van der Waals surface area contributed by atoms with Crippen LogP contribution in [-0.4, -0.2) is 72.7 Å². The fourth-order valence-electron chi connectivity index (χ4n) is 2.57. The number of hydrogen-bond acceptors (Lipinski definition) is 5. The first-order valence-corrected chi connectivity index (χ1v) is 10.7. The zero-order chi connectivity index (χ0) is 19.3. The summed E-state index contributed by atoms with van der Waals surface area (Å²) in [5, 5.41) is 9.02. The Morgan fingerprint density at radius 2 is 1.88 bits per heavy atom. The molecular weight excluding hydrogens is 428 g/mol. The summed E-state index contributed by atoms with van der Waals surface area (Å²) in [6.07, 6.45) is -0.305. The van der Waals surface area contributed by atoms with Crippen molar-refractivity contribution in [3.63, 3.8) is 0 Å². The molecule has 1 aromatic rings.